The van der Waals surface area contributed by atoms with Crippen LogP contribution in [0.2, 0.25) is 0 Å². The van der Waals surface area contributed by atoms with Gasteiger partial charge in [0.2, 0.25) is 0 Å². The Balaban J connectivity index is 3.16. The molecule has 21 heavy (non-hydrogen) atoms. The maximum Gasteiger partial charge on any atom is 0.119 e. The van der Waals surface area contributed by atoms with E-state index in [-0.39, 0.29) is 5.75 Å². The molecule has 0 aliphatic heterocycles. The lowest BCUT2D eigenvalue weighted by Crippen LogP contribution is -2.25. The Morgan fingerprint density at radius 1 is 0.714 bits per heavy atom. The molecule has 0 bridgehead atoms. The molecule has 1 aromatic carbocycles. The molecule has 112 valence electrons. The number of nitrogens with zero attached hydrogens (tertiary/aromatic N) is 2. The molecule has 0 radical (unpaired) electrons. The highest BCUT2D eigenvalue weighted by molar-refractivity contribution is 5.64. The average molecular weight is 284 g/mol. The zero-order valence-corrected chi connectivity index (χ0v) is 12.5. The SMILES string of the molecule is C=CCN(CC=C)c1cc(O)cc(N(CC=C)CC=C)c1. The van der Waals surface area contributed by atoms with E-state index < -0.39 is 0 Å². The number of anilines is 2. The molecule has 0 heterocycles. The minimum atomic E-state index is 0.235. The summed E-state index contributed by atoms with van der Waals surface area (Å²) in [5.41, 5.74) is 1.87. The molecule has 0 saturated heterocycles. The Labute approximate surface area is 127 Å². The topological polar surface area (TPSA) is 26.7 Å². The Morgan fingerprint density at radius 2 is 1.05 bits per heavy atom. The number of phenolic OH excluding ortho intramolecular Hbond substituents is 1. The molecule has 1 rings (SSSR count). The lowest BCUT2D eigenvalue weighted by Gasteiger charge is -2.26. The van der Waals surface area contributed by atoms with Crippen molar-refractivity contribution in [3.05, 3.63) is 68.8 Å². The molecule has 0 fully saturated rings. The van der Waals surface area contributed by atoms with E-state index in [1.165, 1.54) is 0 Å². The van der Waals surface area contributed by atoms with Gasteiger partial charge in [0.05, 0.1) is 0 Å². The second-order valence-corrected chi connectivity index (χ2v) is 4.67. The van der Waals surface area contributed by atoms with Crippen LogP contribution in [0.15, 0.2) is 68.8 Å². The molecule has 3 heteroatoms. The molecule has 3 nitrogen and oxygen atoms in total. The average Bonchev–Trinajstić information content (AvgIpc) is 2.46. The second-order valence-electron chi connectivity index (χ2n) is 4.67. The maximum atomic E-state index is 10.0. The molecule has 1 aromatic rings. The Bertz CT molecular complexity index is 446. The van der Waals surface area contributed by atoms with Crippen molar-refractivity contribution in [2.75, 3.05) is 36.0 Å². The number of aromatic hydroxyl groups is 1. The van der Waals surface area contributed by atoms with Crippen molar-refractivity contribution in [3.8, 4) is 5.75 Å². The van der Waals surface area contributed by atoms with Crippen LogP contribution in [-0.4, -0.2) is 31.3 Å². The Morgan fingerprint density at radius 3 is 1.33 bits per heavy atom. The molecular formula is C18H24N2O. The van der Waals surface area contributed by atoms with Gasteiger partial charge in [-0.1, -0.05) is 24.3 Å². The van der Waals surface area contributed by atoms with Gasteiger partial charge in [-0.05, 0) is 6.07 Å². The molecule has 1 N–H and O–H groups in total. The molecule has 0 atom stereocenters. The van der Waals surface area contributed by atoms with Crippen LogP contribution in [-0.2, 0) is 0 Å². The second kappa shape index (κ2) is 8.69. The summed E-state index contributed by atoms with van der Waals surface area (Å²) in [5, 5.41) is 10.0. The summed E-state index contributed by atoms with van der Waals surface area (Å²) in [4.78, 5) is 4.17. The largest absolute Gasteiger partial charge is 0.508 e. The van der Waals surface area contributed by atoms with Crippen molar-refractivity contribution >= 4 is 11.4 Å². The summed E-state index contributed by atoms with van der Waals surface area (Å²) in [7, 11) is 0. The summed E-state index contributed by atoms with van der Waals surface area (Å²) >= 11 is 0. The monoisotopic (exact) mass is 284 g/mol. The molecule has 0 aliphatic carbocycles. The molecule has 0 spiro atoms. The Kier molecular flexibility index (Phi) is 6.88. The van der Waals surface area contributed by atoms with Crippen LogP contribution < -0.4 is 9.80 Å². The van der Waals surface area contributed by atoms with E-state index in [1.807, 2.05) is 30.4 Å². The third-order valence-electron chi connectivity index (χ3n) is 3.02. The molecule has 0 amide bonds. The zero-order valence-electron chi connectivity index (χ0n) is 12.5. The third-order valence-corrected chi connectivity index (χ3v) is 3.02. The van der Waals surface area contributed by atoms with E-state index >= 15 is 0 Å². The van der Waals surface area contributed by atoms with E-state index in [2.05, 4.69) is 36.1 Å². The standard InChI is InChI=1S/C18H24N2O/c1-5-9-19(10-6-2)16-13-17(15-18(21)14-16)20(11-7-3)12-8-4/h5-8,13-15,21H,1-4,9-12H2. The number of benzene rings is 1. The van der Waals surface area contributed by atoms with E-state index in [4.69, 9.17) is 0 Å². The van der Waals surface area contributed by atoms with Crippen LogP contribution in [0.4, 0.5) is 11.4 Å². The fourth-order valence-electron chi connectivity index (χ4n) is 2.14. The van der Waals surface area contributed by atoms with Crippen LogP contribution in [0.3, 0.4) is 0 Å². The predicted octanol–water partition coefficient (Wildman–Crippen LogP) is 3.75. The molecule has 0 aromatic heterocycles. The van der Waals surface area contributed by atoms with Crippen LogP contribution in [0.25, 0.3) is 0 Å². The van der Waals surface area contributed by atoms with Gasteiger partial charge in [-0.15, -0.1) is 26.3 Å². The van der Waals surface area contributed by atoms with Gasteiger partial charge >= 0.3 is 0 Å². The number of hydrogen-bond acceptors (Lipinski definition) is 3. The first-order chi connectivity index (χ1) is 10.2. The van der Waals surface area contributed by atoms with E-state index in [0.29, 0.717) is 26.2 Å². The minimum Gasteiger partial charge on any atom is -0.508 e. The summed E-state index contributed by atoms with van der Waals surface area (Å²) in [6.45, 7) is 17.9. The first-order valence-corrected chi connectivity index (χ1v) is 6.93. The predicted molar refractivity (Wildman–Crippen MR) is 93.3 cm³/mol. The van der Waals surface area contributed by atoms with Gasteiger partial charge < -0.3 is 14.9 Å². The lowest BCUT2D eigenvalue weighted by atomic mass is 10.2. The summed E-state index contributed by atoms with van der Waals surface area (Å²) in [6.07, 6.45) is 7.33. The van der Waals surface area contributed by atoms with Crippen molar-refractivity contribution in [3.63, 3.8) is 0 Å². The van der Waals surface area contributed by atoms with Crippen molar-refractivity contribution in [2.24, 2.45) is 0 Å². The van der Waals surface area contributed by atoms with Crippen molar-refractivity contribution < 1.29 is 5.11 Å². The lowest BCUT2D eigenvalue weighted by molar-refractivity contribution is 0.475. The van der Waals surface area contributed by atoms with Gasteiger partial charge in [0, 0.05) is 49.7 Å². The van der Waals surface area contributed by atoms with Gasteiger partial charge in [-0.3, -0.25) is 0 Å². The van der Waals surface area contributed by atoms with E-state index in [0.717, 1.165) is 11.4 Å². The fraction of sp³-hybridized carbons (Fsp3) is 0.222. The van der Waals surface area contributed by atoms with Gasteiger partial charge in [0.25, 0.3) is 0 Å². The quantitative estimate of drug-likeness (QED) is 0.663. The van der Waals surface area contributed by atoms with Crippen molar-refractivity contribution in [1.82, 2.24) is 0 Å². The minimum absolute atomic E-state index is 0.235. The summed E-state index contributed by atoms with van der Waals surface area (Å²) < 4.78 is 0. The first-order valence-electron chi connectivity index (χ1n) is 6.93. The molecular weight excluding hydrogens is 260 g/mol. The van der Waals surface area contributed by atoms with Crippen LogP contribution >= 0.6 is 0 Å². The van der Waals surface area contributed by atoms with Gasteiger partial charge in [-0.25, -0.2) is 0 Å². The summed E-state index contributed by atoms with van der Waals surface area (Å²) in [6, 6.07) is 5.53. The smallest absolute Gasteiger partial charge is 0.119 e. The molecule has 0 saturated carbocycles. The van der Waals surface area contributed by atoms with Crippen LogP contribution in [0, 0.1) is 0 Å². The zero-order chi connectivity index (χ0) is 15.7. The van der Waals surface area contributed by atoms with Crippen LogP contribution in [0.1, 0.15) is 0 Å². The van der Waals surface area contributed by atoms with Gasteiger partial charge in [-0.2, -0.15) is 0 Å². The van der Waals surface area contributed by atoms with Gasteiger partial charge in [0.15, 0.2) is 0 Å². The maximum absolute atomic E-state index is 10.0. The third kappa shape index (κ3) is 4.88. The van der Waals surface area contributed by atoms with Crippen molar-refractivity contribution in [1.29, 1.82) is 0 Å². The normalized spacial score (nSPS) is 9.71. The summed E-state index contributed by atoms with van der Waals surface area (Å²) in [5.74, 6) is 0.235. The highest BCUT2D eigenvalue weighted by atomic mass is 16.3. The highest BCUT2D eigenvalue weighted by Crippen LogP contribution is 2.29. The number of hydrogen-bond donors (Lipinski definition) is 1. The number of rotatable bonds is 10. The number of phenols is 1. The van der Waals surface area contributed by atoms with Crippen LogP contribution in [0.5, 0.6) is 5.75 Å². The fourth-order valence-corrected chi connectivity index (χ4v) is 2.14. The van der Waals surface area contributed by atoms with Crippen molar-refractivity contribution in [2.45, 2.75) is 0 Å². The van der Waals surface area contributed by atoms with Gasteiger partial charge in [0.1, 0.15) is 5.75 Å². The molecule has 0 unspecified atom stereocenters. The van der Waals surface area contributed by atoms with E-state index in [9.17, 15) is 5.11 Å². The molecule has 0 aliphatic rings. The first kappa shape index (κ1) is 16.6. The highest BCUT2D eigenvalue weighted by Gasteiger charge is 2.10. The Hall–Kier alpha value is -2.42. The van der Waals surface area contributed by atoms with E-state index in [1.54, 1.807) is 12.1 Å².